The zero-order valence-electron chi connectivity index (χ0n) is 13.1. The molecule has 1 aromatic rings. The third-order valence-electron chi connectivity index (χ3n) is 3.33. The molecular formula is C15H24N4O2. The predicted octanol–water partition coefficient (Wildman–Crippen LogP) is 1.30. The van der Waals surface area contributed by atoms with E-state index < -0.39 is 6.04 Å². The SMILES string of the molecule is CCN(CC)C(=O)C(C)Nc1cc(N)ccc1C(=O)NC. The van der Waals surface area contributed by atoms with Crippen molar-refractivity contribution in [1.82, 2.24) is 10.2 Å². The number of nitrogens with zero attached hydrogens (tertiary/aromatic N) is 1. The summed E-state index contributed by atoms with van der Waals surface area (Å²) in [6.45, 7) is 6.95. The Hall–Kier alpha value is -2.24. The van der Waals surface area contributed by atoms with Crippen molar-refractivity contribution in [1.29, 1.82) is 0 Å². The molecule has 1 aromatic carbocycles. The minimum Gasteiger partial charge on any atom is -0.399 e. The Kier molecular flexibility index (Phi) is 6.02. The van der Waals surface area contributed by atoms with Gasteiger partial charge in [-0.3, -0.25) is 9.59 Å². The van der Waals surface area contributed by atoms with Gasteiger partial charge in [-0.15, -0.1) is 0 Å². The Morgan fingerprint density at radius 3 is 2.43 bits per heavy atom. The number of hydrogen-bond acceptors (Lipinski definition) is 4. The standard InChI is InChI=1S/C15H24N4O2/c1-5-19(6-2)15(21)10(3)18-13-9-11(16)7-8-12(13)14(20)17-4/h7-10,18H,5-6,16H2,1-4H3,(H,17,20). The molecule has 0 aliphatic rings. The van der Waals surface area contributed by atoms with Crippen molar-refractivity contribution < 1.29 is 9.59 Å². The van der Waals surface area contributed by atoms with Crippen LogP contribution in [0.4, 0.5) is 11.4 Å². The van der Waals surface area contributed by atoms with Crippen molar-refractivity contribution in [3.63, 3.8) is 0 Å². The fourth-order valence-corrected chi connectivity index (χ4v) is 2.12. The first kappa shape index (κ1) is 16.8. The molecule has 0 spiro atoms. The average Bonchev–Trinajstić information content (AvgIpc) is 2.47. The van der Waals surface area contributed by atoms with Crippen molar-refractivity contribution in [3.8, 4) is 0 Å². The van der Waals surface area contributed by atoms with Crippen LogP contribution in [0.3, 0.4) is 0 Å². The summed E-state index contributed by atoms with van der Waals surface area (Å²) in [7, 11) is 1.56. The molecule has 0 aliphatic heterocycles. The number of nitrogens with one attached hydrogen (secondary N) is 2. The number of nitrogen functional groups attached to an aromatic ring is 1. The lowest BCUT2D eigenvalue weighted by Crippen LogP contribution is -2.41. The normalized spacial score (nSPS) is 11.6. The van der Waals surface area contributed by atoms with Crippen LogP contribution in [0.2, 0.25) is 0 Å². The van der Waals surface area contributed by atoms with Crippen LogP contribution < -0.4 is 16.4 Å². The Morgan fingerprint density at radius 2 is 1.90 bits per heavy atom. The lowest BCUT2D eigenvalue weighted by molar-refractivity contribution is -0.131. The monoisotopic (exact) mass is 292 g/mol. The molecule has 0 aliphatic carbocycles. The molecule has 21 heavy (non-hydrogen) atoms. The summed E-state index contributed by atoms with van der Waals surface area (Å²) in [5.41, 5.74) is 7.32. The van der Waals surface area contributed by atoms with Gasteiger partial charge < -0.3 is 21.3 Å². The second-order valence-corrected chi connectivity index (χ2v) is 4.76. The van der Waals surface area contributed by atoms with E-state index in [9.17, 15) is 9.59 Å². The first-order chi connectivity index (χ1) is 9.94. The van der Waals surface area contributed by atoms with Gasteiger partial charge in [0, 0.05) is 31.5 Å². The molecule has 0 aromatic heterocycles. The van der Waals surface area contributed by atoms with Crippen molar-refractivity contribution >= 4 is 23.2 Å². The summed E-state index contributed by atoms with van der Waals surface area (Å²) >= 11 is 0. The van der Waals surface area contributed by atoms with Crippen molar-refractivity contribution in [2.24, 2.45) is 0 Å². The number of carbonyl (C=O) groups is 2. The van der Waals surface area contributed by atoms with Gasteiger partial charge in [-0.25, -0.2) is 0 Å². The molecule has 0 saturated carbocycles. The summed E-state index contributed by atoms with van der Waals surface area (Å²) < 4.78 is 0. The lowest BCUT2D eigenvalue weighted by Gasteiger charge is -2.24. The second kappa shape index (κ2) is 7.52. The van der Waals surface area contributed by atoms with E-state index in [1.165, 1.54) is 0 Å². The van der Waals surface area contributed by atoms with Crippen LogP contribution in [-0.2, 0) is 4.79 Å². The van der Waals surface area contributed by atoms with Gasteiger partial charge in [0.1, 0.15) is 6.04 Å². The topological polar surface area (TPSA) is 87.5 Å². The quantitative estimate of drug-likeness (QED) is 0.690. The van der Waals surface area contributed by atoms with Crippen LogP contribution in [0.25, 0.3) is 0 Å². The number of nitrogens with two attached hydrogens (primary N) is 1. The Labute approximate surface area is 125 Å². The Balaban J connectivity index is 2.98. The van der Waals surface area contributed by atoms with Gasteiger partial charge in [0.2, 0.25) is 5.91 Å². The van der Waals surface area contributed by atoms with Gasteiger partial charge in [0.15, 0.2) is 0 Å². The van der Waals surface area contributed by atoms with Crippen LogP contribution in [0, 0.1) is 0 Å². The molecule has 1 unspecified atom stereocenters. The molecule has 6 heteroatoms. The highest BCUT2D eigenvalue weighted by Crippen LogP contribution is 2.20. The highest BCUT2D eigenvalue weighted by atomic mass is 16.2. The number of hydrogen-bond donors (Lipinski definition) is 3. The van der Waals surface area contributed by atoms with E-state index in [4.69, 9.17) is 5.73 Å². The maximum absolute atomic E-state index is 12.3. The summed E-state index contributed by atoms with van der Waals surface area (Å²) in [6.07, 6.45) is 0. The third-order valence-corrected chi connectivity index (χ3v) is 3.33. The van der Waals surface area contributed by atoms with E-state index in [0.717, 1.165) is 0 Å². The van der Waals surface area contributed by atoms with Gasteiger partial charge in [0.25, 0.3) is 5.91 Å². The van der Waals surface area contributed by atoms with Crippen molar-refractivity contribution in [3.05, 3.63) is 23.8 Å². The molecule has 4 N–H and O–H groups in total. The third kappa shape index (κ3) is 4.11. The molecule has 0 radical (unpaired) electrons. The number of carbonyl (C=O) groups excluding carboxylic acids is 2. The van der Waals surface area contributed by atoms with E-state index in [1.807, 2.05) is 13.8 Å². The van der Waals surface area contributed by atoms with E-state index in [-0.39, 0.29) is 11.8 Å². The molecule has 1 rings (SSSR count). The zero-order valence-corrected chi connectivity index (χ0v) is 13.1. The molecule has 0 heterocycles. The summed E-state index contributed by atoms with van der Waals surface area (Å²) in [6, 6.07) is 4.53. The molecule has 1 atom stereocenters. The molecule has 0 fully saturated rings. The van der Waals surface area contributed by atoms with Crippen LogP contribution in [0.15, 0.2) is 18.2 Å². The van der Waals surface area contributed by atoms with Crippen LogP contribution in [-0.4, -0.2) is 42.9 Å². The number of likely N-dealkylation sites (N-methyl/N-ethyl adjacent to an activating group) is 1. The van der Waals surface area contributed by atoms with Gasteiger partial charge >= 0.3 is 0 Å². The smallest absolute Gasteiger partial charge is 0.253 e. The fourth-order valence-electron chi connectivity index (χ4n) is 2.12. The maximum Gasteiger partial charge on any atom is 0.253 e. The molecule has 0 saturated heterocycles. The van der Waals surface area contributed by atoms with E-state index >= 15 is 0 Å². The number of rotatable bonds is 6. The highest BCUT2D eigenvalue weighted by molar-refractivity contribution is 6.00. The van der Waals surface area contributed by atoms with E-state index in [2.05, 4.69) is 10.6 Å². The average molecular weight is 292 g/mol. The van der Waals surface area contributed by atoms with Gasteiger partial charge in [-0.2, -0.15) is 0 Å². The maximum atomic E-state index is 12.3. The Bertz CT molecular complexity index is 512. The lowest BCUT2D eigenvalue weighted by atomic mass is 10.1. The first-order valence-electron chi connectivity index (χ1n) is 7.11. The fraction of sp³-hybridized carbons (Fsp3) is 0.467. The number of benzene rings is 1. The summed E-state index contributed by atoms with van der Waals surface area (Å²) in [4.78, 5) is 25.9. The van der Waals surface area contributed by atoms with Gasteiger partial charge in [-0.05, 0) is 39.0 Å². The van der Waals surface area contributed by atoms with Crippen molar-refractivity contribution in [2.75, 3.05) is 31.2 Å². The highest BCUT2D eigenvalue weighted by Gasteiger charge is 2.20. The number of anilines is 2. The molecule has 2 amide bonds. The molecule has 0 bridgehead atoms. The predicted molar refractivity (Wildman–Crippen MR) is 85.3 cm³/mol. The molecule has 6 nitrogen and oxygen atoms in total. The van der Waals surface area contributed by atoms with E-state index in [1.54, 1.807) is 37.1 Å². The first-order valence-corrected chi connectivity index (χ1v) is 7.11. The molecule has 116 valence electrons. The van der Waals surface area contributed by atoms with Crippen LogP contribution in [0.1, 0.15) is 31.1 Å². The number of amides is 2. The second-order valence-electron chi connectivity index (χ2n) is 4.76. The minimum absolute atomic E-state index is 0.00900. The Morgan fingerprint density at radius 1 is 1.29 bits per heavy atom. The summed E-state index contributed by atoms with van der Waals surface area (Å²) in [5.74, 6) is -0.231. The molecular weight excluding hydrogens is 268 g/mol. The zero-order chi connectivity index (χ0) is 16.0. The van der Waals surface area contributed by atoms with Gasteiger partial charge in [0.05, 0.1) is 5.56 Å². The minimum atomic E-state index is -0.435. The van der Waals surface area contributed by atoms with E-state index in [0.29, 0.717) is 30.0 Å². The van der Waals surface area contributed by atoms with Gasteiger partial charge in [-0.1, -0.05) is 0 Å². The largest absolute Gasteiger partial charge is 0.399 e. The summed E-state index contributed by atoms with van der Waals surface area (Å²) in [5, 5.41) is 5.66. The van der Waals surface area contributed by atoms with Crippen molar-refractivity contribution in [2.45, 2.75) is 26.8 Å². The van der Waals surface area contributed by atoms with Crippen LogP contribution >= 0.6 is 0 Å². The van der Waals surface area contributed by atoms with Crippen LogP contribution in [0.5, 0.6) is 0 Å².